The van der Waals surface area contributed by atoms with E-state index in [2.05, 4.69) is 27.4 Å². The van der Waals surface area contributed by atoms with Crippen LogP contribution in [0, 0.1) is 5.92 Å². The van der Waals surface area contributed by atoms with E-state index in [1.54, 1.807) is 17.0 Å². The highest BCUT2D eigenvalue weighted by molar-refractivity contribution is 9.10. The van der Waals surface area contributed by atoms with Crippen molar-refractivity contribution in [1.29, 1.82) is 0 Å². The van der Waals surface area contributed by atoms with Gasteiger partial charge in [0.2, 0.25) is 5.78 Å². The number of hydrogen-bond acceptors (Lipinski definition) is 2. The molecule has 5 heteroatoms. The van der Waals surface area contributed by atoms with Crippen LogP contribution in [0.4, 0.5) is 0 Å². The largest absolute Gasteiger partial charge is 0.351 e. The number of carbonyl (C=O) groups excluding carboxylic acids is 2. The Labute approximate surface area is 132 Å². The Morgan fingerprint density at radius 3 is 2.81 bits per heavy atom. The van der Waals surface area contributed by atoms with Gasteiger partial charge < -0.3 is 0 Å². The fourth-order valence-corrected chi connectivity index (χ4v) is 3.42. The first-order valence-corrected chi connectivity index (χ1v) is 8.06. The van der Waals surface area contributed by atoms with Gasteiger partial charge in [-0.2, -0.15) is 4.90 Å². The third-order valence-corrected chi connectivity index (χ3v) is 4.73. The van der Waals surface area contributed by atoms with Gasteiger partial charge in [-0.15, -0.1) is 0 Å². The summed E-state index contributed by atoms with van der Waals surface area (Å²) in [7, 11) is 0. The molecule has 0 saturated carbocycles. The molecular weight excluding hydrogens is 332 g/mol. The highest BCUT2D eigenvalue weighted by Crippen LogP contribution is 2.21. The van der Waals surface area contributed by atoms with Crippen molar-refractivity contribution in [2.75, 3.05) is 19.6 Å². The van der Waals surface area contributed by atoms with Crippen LogP contribution in [-0.4, -0.2) is 46.6 Å². The lowest BCUT2D eigenvalue weighted by molar-refractivity contribution is -0.519. The Kier molecular flexibility index (Phi) is 3.93. The van der Waals surface area contributed by atoms with Gasteiger partial charge in [-0.25, -0.2) is 4.79 Å². The zero-order chi connectivity index (χ0) is 15.0. The summed E-state index contributed by atoms with van der Waals surface area (Å²) in [6.45, 7) is 3.63. The van der Waals surface area contributed by atoms with Crippen LogP contribution in [0.5, 0.6) is 0 Å². The predicted octanol–water partition coefficient (Wildman–Crippen LogP) is 2.31. The van der Waals surface area contributed by atoms with Gasteiger partial charge in [-0.3, -0.25) is 9.37 Å². The molecular formula is C16H18BrN2O2+. The molecule has 1 unspecified atom stereocenters. The van der Waals surface area contributed by atoms with Crippen molar-refractivity contribution in [3.63, 3.8) is 0 Å². The lowest BCUT2D eigenvalue weighted by atomic mass is 10.00. The lowest BCUT2D eigenvalue weighted by Gasteiger charge is -2.20. The first-order valence-electron chi connectivity index (χ1n) is 7.27. The van der Waals surface area contributed by atoms with Crippen molar-refractivity contribution in [3.05, 3.63) is 34.3 Å². The lowest BCUT2D eigenvalue weighted by Crippen LogP contribution is -2.42. The molecule has 2 aliphatic heterocycles. The second kappa shape index (κ2) is 5.72. The molecule has 0 bridgehead atoms. The molecule has 0 saturated heterocycles. The number of Topliss-reactive ketones (excluding diaryl/α,β-unsaturated/α-hetero) is 1. The van der Waals surface area contributed by atoms with E-state index in [9.17, 15) is 9.59 Å². The summed E-state index contributed by atoms with van der Waals surface area (Å²) in [6.07, 6.45) is 2.20. The maximum Gasteiger partial charge on any atom is 0.351 e. The molecule has 3 rings (SSSR count). The van der Waals surface area contributed by atoms with Crippen molar-refractivity contribution in [3.8, 4) is 0 Å². The van der Waals surface area contributed by atoms with Gasteiger partial charge in [0.25, 0.3) is 5.84 Å². The third-order valence-electron chi connectivity index (χ3n) is 4.20. The molecule has 0 spiro atoms. The van der Waals surface area contributed by atoms with Gasteiger partial charge in [0.1, 0.15) is 0 Å². The number of benzene rings is 1. The number of nitrogens with zero attached hydrogens (tertiary/aromatic N) is 2. The van der Waals surface area contributed by atoms with Crippen LogP contribution in [-0.2, 0) is 4.79 Å². The molecule has 1 aromatic carbocycles. The van der Waals surface area contributed by atoms with E-state index in [1.807, 2.05) is 12.1 Å². The summed E-state index contributed by atoms with van der Waals surface area (Å²) in [6, 6.07) is 7.28. The second-order valence-corrected chi connectivity index (χ2v) is 6.65. The molecule has 4 nitrogen and oxygen atoms in total. The highest BCUT2D eigenvalue weighted by Gasteiger charge is 2.44. The molecule has 0 aromatic heterocycles. The van der Waals surface area contributed by atoms with Gasteiger partial charge in [-0.05, 0) is 25.0 Å². The van der Waals surface area contributed by atoms with Crippen LogP contribution in [0.1, 0.15) is 30.1 Å². The third kappa shape index (κ3) is 2.79. The minimum absolute atomic E-state index is 0.0111. The Morgan fingerprint density at radius 1 is 1.38 bits per heavy atom. The van der Waals surface area contributed by atoms with Crippen molar-refractivity contribution in [2.24, 2.45) is 5.92 Å². The summed E-state index contributed by atoms with van der Waals surface area (Å²) in [5.41, 5.74) is 0.647. The highest BCUT2D eigenvalue weighted by atomic mass is 79.9. The maximum absolute atomic E-state index is 12.4. The molecule has 2 heterocycles. The van der Waals surface area contributed by atoms with Gasteiger partial charge in [0.05, 0.1) is 12.5 Å². The Balaban J connectivity index is 1.80. The topological polar surface area (TPSA) is 40.4 Å². The molecule has 0 fully saturated rings. The monoisotopic (exact) mass is 349 g/mol. The van der Waals surface area contributed by atoms with Crippen LogP contribution in [0.2, 0.25) is 0 Å². The standard InChI is InChI=1S/C16H18BrN2O2/c1-11-3-2-8-18-10-15(21)19(16(11)18)9-14(20)12-4-6-13(17)7-5-12/h4-7,11H,2-3,8-10H2,1H3/q+1. The van der Waals surface area contributed by atoms with E-state index in [0.717, 1.165) is 29.7 Å². The number of amidine groups is 1. The minimum Gasteiger partial charge on any atom is -0.290 e. The average Bonchev–Trinajstić information content (AvgIpc) is 2.77. The zero-order valence-electron chi connectivity index (χ0n) is 12.0. The van der Waals surface area contributed by atoms with Crippen LogP contribution in [0.3, 0.4) is 0 Å². The molecule has 1 amide bonds. The van der Waals surface area contributed by atoms with E-state index >= 15 is 0 Å². The van der Waals surface area contributed by atoms with Crippen LogP contribution >= 0.6 is 15.9 Å². The van der Waals surface area contributed by atoms with Crippen molar-refractivity contribution >= 4 is 33.5 Å². The van der Waals surface area contributed by atoms with E-state index in [4.69, 9.17) is 0 Å². The Bertz CT molecular complexity index is 622. The quantitative estimate of drug-likeness (QED) is 0.620. The van der Waals surface area contributed by atoms with Gasteiger partial charge in [0, 0.05) is 10.0 Å². The predicted molar refractivity (Wildman–Crippen MR) is 83.6 cm³/mol. The number of rotatable bonds is 3. The molecule has 1 aromatic rings. The van der Waals surface area contributed by atoms with E-state index in [-0.39, 0.29) is 18.2 Å². The fourth-order valence-electron chi connectivity index (χ4n) is 3.16. The Morgan fingerprint density at radius 2 is 2.10 bits per heavy atom. The summed E-state index contributed by atoms with van der Waals surface area (Å²) < 4.78 is 3.07. The molecule has 0 N–H and O–H groups in total. The number of amides is 1. The second-order valence-electron chi connectivity index (χ2n) is 5.73. The summed E-state index contributed by atoms with van der Waals surface area (Å²) in [4.78, 5) is 26.3. The summed E-state index contributed by atoms with van der Waals surface area (Å²) in [5.74, 6) is 1.42. The molecule has 0 aliphatic carbocycles. The van der Waals surface area contributed by atoms with Gasteiger partial charge in [-0.1, -0.05) is 35.0 Å². The molecule has 0 radical (unpaired) electrons. The van der Waals surface area contributed by atoms with Gasteiger partial charge in [0.15, 0.2) is 13.1 Å². The maximum atomic E-state index is 12.4. The summed E-state index contributed by atoms with van der Waals surface area (Å²) >= 11 is 3.36. The average molecular weight is 350 g/mol. The van der Waals surface area contributed by atoms with Crippen molar-refractivity contribution in [1.82, 2.24) is 4.90 Å². The molecule has 110 valence electrons. The summed E-state index contributed by atoms with van der Waals surface area (Å²) in [5, 5.41) is 0. The van der Waals surface area contributed by atoms with Crippen LogP contribution < -0.4 is 0 Å². The van der Waals surface area contributed by atoms with E-state index in [1.165, 1.54) is 0 Å². The first-order chi connectivity index (χ1) is 10.1. The number of ketones is 1. The number of hydrogen-bond donors (Lipinski definition) is 0. The SMILES string of the molecule is CC1CCC[N+]2=C1N(CC(=O)c1ccc(Br)cc1)C(=O)C2. The van der Waals surface area contributed by atoms with E-state index < -0.39 is 0 Å². The first kappa shape index (κ1) is 14.4. The Hall–Kier alpha value is -1.49. The normalized spacial score (nSPS) is 21.7. The van der Waals surface area contributed by atoms with E-state index in [0.29, 0.717) is 18.0 Å². The molecule has 21 heavy (non-hydrogen) atoms. The molecule has 2 aliphatic rings. The smallest absolute Gasteiger partial charge is 0.290 e. The number of halogens is 1. The minimum atomic E-state index is -0.0111. The molecule has 1 atom stereocenters. The van der Waals surface area contributed by atoms with Crippen LogP contribution in [0.25, 0.3) is 0 Å². The van der Waals surface area contributed by atoms with Crippen LogP contribution in [0.15, 0.2) is 28.7 Å². The van der Waals surface area contributed by atoms with Gasteiger partial charge >= 0.3 is 5.91 Å². The fraction of sp³-hybridized carbons (Fsp3) is 0.438. The zero-order valence-corrected chi connectivity index (χ0v) is 13.6. The van der Waals surface area contributed by atoms with Crippen molar-refractivity contribution < 1.29 is 14.2 Å². The van der Waals surface area contributed by atoms with Crippen molar-refractivity contribution in [2.45, 2.75) is 19.8 Å². The number of carbonyl (C=O) groups is 2.